The van der Waals surface area contributed by atoms with Crippen molar-refractivity contribution in [2.75, 3.05) is 6.54 Å². The molecule has 96 valence electrons. The van der Waals surface area contributed by atoms with Gasteiger partial charge in [-0.1, -0.05) is 0 Å². The molecule has 0 aliphatic rings. The number of nitrogens with one attached hydrogen (secondary N) is 1. The summed E-state index contributed by atoms with van der Waals surface area (Å²) in [6.07, 6.45) is -5.08. The van der Waals surface area contributed by atoms with E-state index in [1.54, 1.807) is 0 Å². The minimum atomic E-state index is -4.16. The van der Waals surface area contributed by atoms with Gasteiger partial charge in [0.2, 0.25) is 0 Å². The zero-order valence-electron chi connectivity index (χ0n) is 8.95. The fourth-order valence-electron chi connectivity index (χ4n) is 1.36. The monoisotopic (exact) mass is 253 g/mol. The Hall–Kier alpha value is -1.17. The maximum absolute atomic E-state index is 12.7. The number of hydrogen-bond donors (Lipinski definition) is 1. The smallest absolute Gasteiger partial charge is 0.313 e. The zero-order valence-corrected chi connectivity index (χ0v) is 8.95. The molecule has 0 atom stereocenters. The maximum atomic E-state index is 12.7. The molecule has 1 aromatic rings. The van der Waals surface area contributed by atoms with Crippen LogP contribution >= 0.6 is 0 Å². The third kappa shape index (κ3) is 6.21. The fraction of sp³-hybridized carbons (Fsp3) is 0.455. The molecule has 0 aromatic heterocycles. The molecule has 0 unspecified atom stereocenters. The van der Waals surface area contributed by atoms with Crippen molar-refractivity contribution in [2.45, 2.75) is 25.6 Å². The minimum absolute atomic E-state index is 0.0543. The van der Waals surface area contributed by atoms with Gasteiger partial charge in [-0.3, -0.25) is 0 Å². The highest BCUT2D eigenvalue weighted by Crippen LogP contribution is 2.20. The molecule has 1 nitrogen and oxygen atoms in total. The van der Waals surface area contributed by atoms with Gasteiger partial charge in [-0.05, 0) is 30.7 Å². The first kappa shape index (κ1) is 13.9. The summed E-state index contributed by atoms with van der Waals surface area (Å²) in [7, 11) is 0. The summed E-state index contributed by atoms with van der Waals surface area (Å²) in [6, 6.07) is 3.02. The molecule has 0 amide bonds. The van der Waals surface area contributed by atoms with Crippen LogP contribution in [0.25, 0.3) is 0 Å². The molecule has 0 heterocycles. The second-order valence-electron chi connectivity index (χ2n) is 3.67. The maximum Gasteiger partial charge on any atom is 0.389 e. The highest BCUT2D eigenvalue weighted by atomic mass is 19.4. The van der Waals surface area contributed by atoms with Crippen LogP contribution < -0.4 is 5.32 Å². The normalized spacial score (nSPS) is 11.8. The fourth-order valence-corrected chi connectivity index (χ4v) is 1.36. The summed E-state index contributed by atoms with van der Waals surface area (Å²) in [5, 5.41) is 2.70. The Labute approximate surface area is 95.6 Å². The second-order valence-corrected chi connectivity index (χ2v) is 3.67. The predicted molar refractivity (Wildman–Crippen MR) is 53.4 cm³/mol. The van der Waals surface area contributed by atoms with Gasteiger partial charge in [0.15, 0.2) is 0 Å². The average molecular weight is 253 g/mol. The average Bonchev–Trinajstić information content (AvgIpc) is 2.13. The van der Waals surface area contributed by atoms with Gasteiger partial charge in [0.1, 0.15) is 11.6 Å². The highest BCUT2D eigenvalue weighted by Gasteiger charge is 2.25. The van der Waals surface area contributed by atoms with Crippen molar-refractivity contribution in [2.24, 2.45) is 0 Å². The number of halogens is 5. The van der Waals surface area contributed by atoms with E-state index in [0.29, 0.717) is 5.56 Å². The van der Waals surface area contributed by atoms with E-state index >= 15 is 0 Å². The van der Waals surface area contributed by atoms with Crippen molar-refractivity contribution in [1.29, 1.82) is 0 Å². The van der Waals surface area contributed by atoms with Crippen LogP contribution in [0.15, 0.2) is 18.2 Å². The molecule has 0 saturated heterocycles. The molecule has 1 rings (SSSR count). The third-order valence-corrected chi connectivity index (χ3v) is 2.07. The van der Waals surface area contributed by atoms with Gasteiger partial charge in [-0.2, -0.15) is 13.2 Å². The van der Waals surface area contributed by atoms with Crippen LogP contribution in [0.1, 0.15) is 18.4 Å². The highest BCUT2D eigenvalue weighted by molar-refractivity contribution is 5.17. The lowest BCUT2D eigenvalue weighted by atomic mass is 10.2. The SMILES string of the molecule is Fc1cc(F)cc(CNCCCC(F)(F)F)c1. The Kier molecular flexibility index (Phi) is 4.86. The Balaban J connectivity index is 2.27. The molecule has 0 fully saturated rings. The van der Waals surface area contributed by atoms with Gasteiger partial charge >= 0.3 is 6.18 Å². The summed E-state index contributed by atoms with van der Waals surface area (Å²) >= 11 is 0. The Morgan fingerprint density at radius 2 is 1.59 bits per heavy atom. The zero-order chi connectivity index (χ0) is 12.9. The first-order chi connectivity index (χ1) is 7.87. The minimum Gasteiger partial charge on any atom is -0.313 e. The molecule has 0 spiro atoms. The van der Waals surface area contributed by atoms with Crippen LogP contribution in [0.2, 0.25) is 0 Å². The van der Waals surface area contributed by atoms with Crippen LogP contribution in [0, 0.1) is 11.6 Å². The van der Waals surface area contributed by atoms with Crippen molar-refractivity contribution in [1.82, 2.24) is 5.32 Å². The van der Waals surface area contributed by atoms with Crippen LogP contribution in [0.5, 0.6) is 0 Å². The van der Waals surface area contributed by atoms with Crippen LogP contribution in [-0.2, 0) is 6.54 Å². The molecule has 1 aromatic carbocycles. The van der Waals surface area contributed by atoms with E-state index in [2.05, 4.69) is 5.32 Å². The van der Waals surface area contributed by atoms with E-state index in [4.69, 9.17) is 0 Å². The molecule has 6 heteroatoms. The van der Waals surface area contributed by atoms with E-state index in [-0.39, 0.29) is 19.5 Å². The number of rotatable bonds is 5. The van der Waals surface area contributed by atoms with Crippen molar-refractivity contribution in [3.05, 3.63) is 35.4 Å². The quantitative estimate of drug-likeness (QED) is 0.626. The topological polar surface area (TPSA) is 12.0 Å². The summed E-state index contributed by atoms with van der Waals surface area (Å²) in [6.45, 7) is 0.296. The van der Waals surface area contributed by atoms with Gasteiger partial charge < -0.3 is 5.32 Å². The summed E-state index contributed by atoms with van der Waals surface area (Å²) in [5.41, 5.74) is 0.370. The first-order valence-electron chi connectivity index (χ1n) is 5.09. The van der Waals surface area contributed by atoms with Gasteiger partial charge in [-0.15, -0.1) is 0 Å². The summed E-state index contributed by atoms with van der Waals surface area (Å²) in [5.74, 6) is -1.39. The standard InChI is InChI=1S/C11H12F5N/c12-9-4-8(5-10(13)6-9)7-17-3-1-2-11(14,15)16/h4-6,17H,1-3,7H2. The van der Waals surface area contributed by atoms with Crippen LogP contribution in [0.4, 0.5) is 22.0 Å². The molecule has 1 N–H and O–H groups in total. The molecule has 17 heavy (non-hydrogen) atoms. The van der Waals surface area contributed by atoms with Crippen LogP contribution in [-0.4, -0.2) is 12.7 Å². The van der Waals surface area contributed by atoms with E-state index in [1.165, 1.54) is 0 Å². The predicted octanol–water partition coefficient (Wildman–Crippen LogP) is 3.40. The van der Waals surface area contributed by atoms with Gasteiger partial charge in [0.25, 0.3) is 0 Å². The van der Waals surface area contributed by atoms with Crippen molar-refractivity contribution >= 4 is 0 Å². The van der Waals surface area contributed by atoms with Crippen molar-refractivity contribution < 1.29 is 22.0 Å². The van der Waals surface area contributed by atoms with Crippen LogP contribution in [0.3, 0.4) is 0 Å². The van der Waals surface area contributed by atoms with Gasteiger partial charge in [0.05, 0.1) is 0 Å². The summed E-state index contributed by atoms with van der Waals surface area (Å²) in [4.78, 5) is 0. The van der Waals surface area contributed by atoms with Gasteiger partial charge in [0, 0.05) is 19.0 Å². The number of alkyl halides is 3. The Bertz CT molecular complexity index is 341. The lowest BCUT2D eigenvalue weighted by Crippen LogP contribution is -2.17. The van der Waals surface area contributed by atoms with E-state index < -0.39 is 24.2 Å². The number of hydrogen-bond acceptors (Lipinski definition) is 1. The van der Waals surface area contributed by atoms with Crippen molar-refractivity contribution in [3.63, 3.8) is 0 Å². The lowest BCUT2D eigenvalue weighted by Gasteiger charge is -2.07. The lowest BCUT2D eigenvalue weighted by molar-refractivity contribution is -0.135. The van der Waals surface area contributed by atoms with E-state index in [9.17, 15) is 22.0 Å². The first-order valence-corrected chi connectivity index (χ1v) is 5.09. The number of benzene rings is 1. The molecular formula is C11H12F5N. The Morgan fingerprint density at radius 1 is 1.00 bits per heavy atom. The second kappa shape index (κ2) is 5.95. The molecular weight excluding hydrogens is 241 g/mol. The molecule has 0 saturated carbocycles. The largest absolute Gasteiger partial charge is 0.389 e. The van der Waals surface area contributed by atoms with E-state index in [0.717, 1.165) is 18.2 Å². The molecule has 0 radical (unpaired) electrons. The molecule has 0 bridgehead atoms. The van der Waals surface area contributed by atoms with Gasteiger partial charge in [-0.25, -0.2) is 8.78 Å². The van der Waals surface area contributed by atoms with E-state index in [1.807, 2.05) is 0 Å². The molecule has 0 aliphatic carbocycles. The van der Waals surface area contributed by atoms with Crippen molar-refractivity contribution in [3.8, 4) is 0 Å². The Morgan fingerprint density at radius 3 is 2.12 bits per heavy atom. The summed E-state index contributed by atoms with van der Waals surface area (Å²) < 4.78 is 60.8. The molecule has 0 aliphatic heterocycles. The third-order valence-electron chi connectivity index (χ3n) is 2.07.